The van der Waals surface area contributed by atoms with Gasteiger partial charge in [0, 0.05) is 6.04 Å². The van der Waals surface area contributed by atoms with Crippen LogP contribution in [-0.4, -0.2) is 36.2 Å². The maximum Gasteiger partial charge on any atom is 0.324 e. The van der Waals surface area contributed by atoms with Crippen molar-refractivity contribution in [3.8, 4) is 0 Å². The molecular formula is C13H25NO4. The Morgan fingerprint density at radius 1 is 0.944 bits per heavy atom. The molecule has 0 aromatic heterocycles. The van der Waals surface area contributed by atoms with E-state index in [1.54, 1.807) is 27.7 Å². The number of ether oxygens (including phenoxy) is 2. The van der Waals surface area contributed by atoms with E-state index in [2.05, 4.69) is 5.32 Å². The Labute approximate surface area is 109 Å². The molecule has 0 heterocycles. The van der Waals surface area contributed by atoms with Crippen LogP contribution in [0.3, 0.4) is 0 Å². The molecule has 0 radical (unpaired) electrons. The monoisotopic (exact) mass is 259 g/mol. The minimum atomic E-state index is -0.654. The first kappa shape index (κ1) is 16.9. The molecule has 5 nitrogen and oxygen atoms in total. The predicted molar refractivity (Wildman–Crippen MR) is 69.1 cm³/mol. The molecule has 0 aromatic rings. The lowest BCUT2D eigenvalue weighted by Gasteiger charge is -2.21. The van der Waals surface area contributed by atoms with Crippen molar-refractivity contribution in [3.63, 3.8) is 0 Å². The molecule has 0 saturated carbocycles. The summed E-state index contributed by atoms with van der Waals surface area (Å²) < 4.78 is 10.1. The van der Waals surface area contributed by atoms with E-state index in [1.807, 2.05) is 13.8 Å². The van der Waals surface area contributed by atoms with Crippen molar-refractivity contribution in [1.29, 1.82) is 0 Å². The topological polar surface area (TPSA) is 64.6 Å². The fourth-order valence-corrected chi connectivity index (χ4v) is 1.40. The van der Waals surface area contributed by atoms with Crippen molar-refractivity contribution in [2.75, 3.05) is 0 Å². The van der Waals surface area contributed by atoms with Gasteiger partial charge in [-0.15, -0.1) is 0 Å². The highest BCUT2D eigenvalue weighted by Crippen LogP contribution is 2.04. The van der Waals surface area contributed by atoms with E-state index < -0.39 is 18.0 Å². The molecule has 0 aromatic carbocycles. The normalized spacial score (nSPS) is 12.9. The molecule has 1 N–H and O–H groups in total. The Bertz CT molecular complexity index is 274. The number of carbonyl (C=O) groups is 2. The fraction of sp³-hybridized carbons (Fsp3) is 0.846. The largest absolute Gasteiger partial charge is 0.463 e. The Morgan fingerprint density at radius 2 is 1.44 bits per heavy atom. The summed E-state index contributed by atoms with van der Waals surface area (Å²) in [6.45, 7) is 10.9. The molecule has 1 unspecified atom stereocenters. The summed E-state index contributed by atoms with van der Waals surface area (Å²) >= 11 is 0. The molecule has 106 valence electrons. The molecule has 0 spiro atoms. The van der Waals surface area contributed by atoms with E-state index in [4.69, 9.17) is 9.47 Å². The SMILES string of the molecule is CC(C)NC(CC(=O)OC(C)C)C(=O)OC(C)C. The van der Waals surface area contributed by atoms with Gasteiger partial charge in [-0.1, -0.05) is 13.8 Å². The standard InChI is InChI=1S/C13H25NO4/c1-8(2)14-11(13(16)18-10(5)6)7-12(15)17-9(3)4/h8-11,14H,7H2,1-6H3. The van der Waals surface area contributed by atoms with E-state index in [1.165, 1.54) is 0 Å². The van der Waals surface area contributed by atoms with Crippen molar-refractivity contribution in [3.05, 3.63) is 0 Å². The second-order valence-electron chi connectivity index (χ2n) is 5.10. The molecule has 0 fully saturated rings. The molecule has 0 rings (SSSR count). The highest BCUT2D eigenvalue weighted by molar-refractivity contribution is 5.82. The smallest absolute Gasteiger partial charge is 0.324 e. The van der Waals surface area contributed by atoms with Crippen LogP contribution in [0.5, 0.6) is 0 Å². The minimum absolute atomic E-state index is 0.0120. The van der Waals surface area contributed by atoms with Gasteiger partial charge in [0.2, 0.25) is 0 Å². The van der Waals surface area contributed by atoms with Gasteiger partial charge in [0.15, 0.2) is 0 Å². The lowest BCUT2D eigenvalue weighted by molar-refractivity contribution is -0.157. The van der Waals surface area contributed by atoms with Gasteiger partial charge in [-0.3, -0.25) is 9.59 Å². The molecule has 5 heteroatoms. The Morgan fingerprint density at radius 3 is 1.83 bits per heavy atom. The third kappa shape index (κ3) is 8.06. The van der Waals surface area contributed by atoms with E-state index in [0.29, 0.717) is 0 Å². The summed E-state index contributed by atoms with van der Waals surface area (Å²) in [6, 6.07) is -0.569. The average molecular weight is 259 g/mol. The zero-order chi connectivity index (χ0) is 14.3. The zero-order valence-electron chi connectivity index (χ0n) is 12.1. The van der Waals surface area contributed by atoms with Crippen molar-refractivity contribution < 1.29 is 19.1 Å². The predicted octanol–water partition coefficient (Wildman–Crippen LogP) is 1.65. The average Bonchev–Trinajstić information content (AvgIpc) is 2.13. The summed E-state index contributed by atoms with van der Waals surface area (Å²) in [5.41, 5.74) is 0. The van der Waals surface area contributed by atoms with E-state index in [9.17, 15) is 9.59 Å². The van der Waals surface area contributed by atoms with Gasteiger partial charge in [-0.05, 0) is 27.7 Å². The Hall–Kier alpha value is -1.10. The van der Waals surface area contributed by atoms with Gasteiger partial charge in [-0.2, -0.15) is 0 Å². The molecule has 0 aliphatic carbocycles. The van der Waals surface area contributed by atoms with Crippen LogP contribution in [0.15, 0.2) is 0 Å². The van der Waals surface area contributed by atoms with Crippen molar-refractivity contribution in [2.24, 2.45) is 0 Å². The summed E-state index contributed by atoms with van der Waals surface area (Å²) in [6.07, 6.45) is -0.393. The lowest BCUT2D eigenvalue weighted by Crippen LogP contribution is -2.44. The number of nitrogens with one attached hydrogen (secondary N) is 1. The molecule has 18 heavy (non-hydrogen) atoms. The van der Waals surface area contributed by atoms with Gasteiger partial charge in [-0.25, -0.2) is 0 Å². The summed E-state index contributed by atoms with van der Waals surface area (Å²) in [7, 11) is 0. The number of hydrogen-bond donors (Lipinski definition) is 1. The third-order valence-electron chi connectivity index (χ3n) is 1.91. The number of carbonyl (C=O) groups excluding carboxylic acids is 2. The van der Waals surface area contributed by atoms with Gasteiger partial charge in [0.25, 0.3) is 0 Å². The van der Waals surface area contributed by atoms with Crippen LogP contribution in [0.25, 0.3) is 0 Å². The molecule has 0 aliphatic rings. The molecule has 0 bridgehead atoms. The first-order chi connectivity index (χ1) is 8.22. The van der Waals surface area contributed by atoms with Gasteiger partial charge in [0.1, 0.15) is 6.04 Å². The van der Waals surface area contributed by atoms with Crippen molar-refractivity contribution >= 4 is 11.9 Å². The maximum absolute atomic E-state index is 11.8. The fourth-order valence-electron chi connectivity index (χ4n) is 1.40. The first-order valence-corrected chi connectivity index (χ1v) is 6.38. The maximum atomic E-state index is 11.8. The van der Waals surface area contributed by atoms with E-state index in [-0.39, 0.29) is 24.7 Å². The van der Waals surface area contributed by atoms with Crippen molar-refractivity contribution in [2.45, 2.75) is 72.3 Å². The number of hydrogen-bond acceptors (Lipinski definition) is 5. The summed E-state index contributed by atoms with van der Waals surface area (Å²) in [5.74, 6) is -0.816. The molecule has 0 saturated heterocycles. The van der Waals surface area contributed by atoms with E-state index >= 15 is 0 Å². The Balaban J connectivity index is 4.48. The second-order valence-corrected chi connectivity index (χ2v) is 5.10. The molecule has 0 amide bonds. The molecule has 1 atom stereocenters. The van der Waals surface area contributed by atoms with Crippen molar-refractivity contribution in [1.82, 2.24) is 5.32 Å². The second kappa shape index (κ2) is 8.08. The summed E-state index contributed by atoms with van der Waals surface area (Å²) in [4.78, 5) is 23.4. The molecule has 0 aliphatic heterocycles. The van der Waals surface area contributed by atoms with Crippen LogP contribution < -0.4 is 5.32 Å². The zero-order valence-corrected chi connectivity index (χ0v) is 12.1. The van der Waals surface area contributed by atoms with Crippen LogP contribution in [0.1, 0.15) is 48.0 Å². The van der Waals surface area contributed by atoms with Crippen LogP contribution in [0.2, 0.25) is 0 Å². The minimum Gasteiger partial charge on any atom is -0.463 e. The van der Waals surface area contributed by atoms with Gasteiger partial charge < -0.3 is 14.8 Å². The lowest BCUT2D eigenvalue weighted by atomic mass is 10.2. The highest BCUT2D eigenvalue weighted by Gasteiger charge is 2.25. The van der Waals surface area contributed by atoms with Crippen LogP contribution in [0.4, 0.5) is 0 Å². The Kier molecular flexibility index (Phi) is 7.59. The van der Waals surface area contributed by atoms with E-state index in [0.717, 1.165) is 0 Å². The third-order valence-corrected chi connectivity index (χ3v) is 1.91. The van der Waals surface area contributed by atoms with Crippen LogP contribution in [-0.2, 0) is 19.1 Å². The first-order valence-electron chi connectivity index (χ1n) is 6.38. The van der Waals surface area contributed by atoms with Crippen LogP contribution in [0, 0.1) is 0 Å². The number of rotatable bonds is 7. The quantitative estimate of drug-likeness (QED) is 0.704. The van der Waals surface area contributed by atoms with Crippen LogP contribution >= 0.6 is 0 Å². The molecular weight excluding hydrogens is 234 g/mol. The number of esters is 2. The van der Waals surface area contributed by atoms with Gasteiger partial charge in [0.05, 0.1) is 18.6 Å². The summed E-state index contributed by atoms with van der Waals surface area (Å²) in [5, 5.41) is 3.01. The highest BCUT2D eigenvalue weighted by atomic mass is 16.6. The van der Waals surface area contributed by atoms with Gasteiger partial charge >= 0.3 is 11.9 Å².